The van der Waals surface area contributed by atoms with Crippen LogP contribution in [0.3, 0.4) is 0 Å². The normalized spacial score (nSPS) is 17.6. The molecule has 0 aliphatic heterocycles. The van der Waals surface area contributed by atoms with Gasteiger partial charge in [0.2, 0.25) is 5.91 Å². The molecule has 2 unspecified atom stereocenters. The second-order valence-corrected chi connectivity index (χ2v) is 9.16. The third-order valence-corrected chi connectivity index (χ3v) is 7.71. The van der Waals surface area contributed by atoms with Crippen LogP contribution in [0, 0.1) is 11.8 Å². The number of rotatable bonds is 7. The quantitative estimate of drug-likeness (QED) is 0.830. The summed E-state index contributed by atoms with van der Waals surface area (Å²) in [5.41, 5.74) is 0. The first kappa shape index (κ1) is 16.3. The highest BCUT2D eigenvalue weighted by Crippen LogP contribution is 2.37. The van der Waals surface area contributed by atoms with Crippen molar-refractivity contribution in [2.75, 3.05) is 6.54 Å². The molecule has 1 saturated carbocycles. The predicted molar refractivity (Wildman–Crippen MR) is 87.9 cm³/mol. The summed E-state index contributed by atoms with van der Waals surface area (Å²) in [6.07, 6.45) is 3.59. The molecule has 1 amide bonds. The molecule has 124 valence electrons. The maximum atomic E-state index is 12.8. The number of thiophene rings is 1. The second-order valence-electron chi connectivity index (χ2n) is 5.85. The predicted octanol–water partition coefficient (Wildman–Crippen LogP) is 3.02. The van der Waals surface area contributed by atoms with Gasteiger partial charge in [0, 0.05) is 12.5 Å². The van der Waals surface area contributed by atoms with E-state index < -0.39 is 15.1 Å². The lowest BCUT2D eigenvalue weighted by Crippen LogP contribution is -2.35. The number of carbonyl (C=O) groups excluding carboxylic acids is 1. The Morgan fingerprint density at radius 1 is 1.39 bits per heavy atom. The number of hydrogen-bond donors (Lipinski definition) is 1. The molecule has 0 radical (unpaired) electrons. The number of amides is 1. The van der Waals surface area contributed by atoms with E-state index in [-0.39, 0.29) is 22.6 Å². The largest absolute Gasteiger partial charge is 0.468 e. The zero-order chi connectivity index (χ0) is 16.4. The third kappa shape index (κ3) is 3.50. The smallest absolute Gasteiger partial charge is 0.223 e. The van der Waals surface area contributed by atoms with Gasteiger partial charge in [-0.05, 0) is 42.3 Å². The first-order chi connectivity index (χ1) is 11.0. The lowest BCUT2D eigenvalue weighted by molar-refractivity contribution is -0.125. The van der Waals surface area contributed by atoms with Gasteiger partial charge in [-0.15, -0.1) is 11.3 Å². The Morgan fingerprint density at radius 2 is 2.17 bits per heavy atom. The van der Waals surface area contributed by atoms with E-state index in [0.29, 0.717) is 11.7 Å². The van der Waals surface area contributed by atoms with E-state index in [0.717, 1.165) is 12.8 Å². The number of furan rings is 1. The molecule has 2 heterocycles. The average molecular weight is 353 g/mol. The molecule has 2 aromatic heterocycles. The van der Waals surface area contributed by atoms with Gasteiger partial charge in [0.15, 0.2) is 9.84 Å². The fourth-order valence-electron chi connectivity index (χ4n) is 2.57. The van der Waals surface area contributed by atoms with Crippen molar-refractivity contribution in [1.82, 2.24) is 5.32 Å². The van der Waals surface area contributed by atoms with Crippen molar-refractivity contribution in [3.8, 4) is 0 Å². The zero-order valence-electron chi connectivity index (χ0n) is 12.8. The van der Waals surface area contributed by atoms with E-state index in [1.807, 2.05) is 6.92 Å². The van der Waals surface area contributed by atoms with E-state index in [4.69, 9.17) is 4.42 Å². The zero-order valence-corrected chi connectivity index (χ0v) is 14.4. The summed E-state index contributed by atoms with van der Waals surface area (Å²) in [6.45, 7) is 1.91. The van der Waals surface area contributed by atoms with Gasteiger partial charge in [-0.25, -0.2) is 8.42 Å². The lowest BCUT2D eigenvalue weighted by Gasteiger charge is -2.17. The molecule has 1 fully saturated rings. The van der Waals surface area contributed by atoms with Crippen LogP contribution in [0.15, 0.2) is 44.5 Å². The van der Waals surface area contributed by atoms with Crippen molar-refractivity contribution in [3.05, 3.63) is 41.7 Å². The Hall–Kier alpha value is -1.60. The molecule has 7 heteroatoms. The Balaban J connectivity index is 1.78. The SMILES string of the molecule is CC(C(=O)NCC(c1ccco1)S(=O)(=O)c1cccs1)C1CC1. The number of hydrogen-bond acceptors (Lipinski definition) is 5. The molecule has 23 heavy (non-hydrogen) atoms. The number of carbonyl (C=O) groups is 1. The molecule has 2 atom stereocenters. The van der Waals surface area contributed by atoms with Crippen molar-refractivity contribution in [1.29, 1.82) is 0 Å². The van der Waals surface area contributed by atoms with E-state index in [1.165, 1.54) is 17.6 Å². The Bertz CT molecular complexity index is 746. The van der Waals surface area contributed by atoms with Crippen LogP contribution in [-0.2, 0) is 14.6 Å². The summed E-state index contributed by atoms with van der Waals surface area (Å²) in [4.78, 5) is 12.2. The first-order valence-corrected chi connectivity index (χ1v) is 10.0. The lowest BCUT2D eigenvalue weighted by atomic mass is 10.1. The first-order valence-electron chi connectivity index (χ1n) is 7.58. The van der Waals surface area contributed by atoms with Crippen molar-refractivity contribution in [2.24, 2.45) is 11.8 Å². The Kier molecular flexibility index (Phi) is 4.59. The van der Waals surface area contributed by atoms with E-state index >= 15 is 0 Å². The van der Waals surface area contributed by atoms with Crippen LogP contribution in [0.2, 0.25) is 0 Å². The third-order valence-electron chi connectivity index (χ3n) is 4.21. The van der Waals surface area contributed by atoms with Gasteiger partial charge in [-0.2, -0.15) is 0 Å². The average Bonchev–Trinajstić information content (AvgIpc) is 3.02. The van der Waals surface area contributed by atoms with Crippen molar-refractivity contribution in [2.45, 2.75) is 29.2 Å². The molecule has 2 aromatic rings. The second kappa shape index (κ2) is 6.49. The van der Waals surface area contributed by atoms with Gasteiger partial charge in [0.05, 0.1) is 6.26 Å². The minimum Gasteiger partial charge on any atom is -0.468 e. The van der Waals surface area contributed by atoms with Crippen molar-refractivity contribution >= 4 is 27.1 Å². The van der Waals surface area contributed by atoms with Crippen molar-refractivity contribution < 1.29 is 17.6 Å². The van der Waals surface area contributed by atoms with E-state index in [9.17, 15) is 13.2 Å². The van der Waals surface area contributed by atoms with Crippen LogP contribution >= 0.6 is 11.3 Å². The summed E-state index contributed by atoms with van der Waals surface area (Å²) in [7, 11) is -3.60. The van der Waals surface area contributed by atoms with Gasteiger partial charge in [-0.1, -0.05) is 13.0 Å². The van der Waals surface area contributed by atoms with Crippen LogP contribution < -0.4 is 5.32 Å². The highest BCUT2D eigenvalue weighted by atomic mass is 32.2. The standard InChI is InChI=1S/C16H19NO4S2/c1-11(12-6-7-12)16(18)17-10-14(13-4-2-8-21-13)23(19,20)15-5-3-9-22-15/h2-5,8-9,11-12,14H,6-7,10H2,1H3,(H,17,18). The molecule has 0 saturated heterocycles. The highest BCUT2D eigenvalue weighted by Gasteiger charge is 2.35. The van der Waals surface area contributed by atoms with Gasteiger partial charge in [-0.3, -0.25) is 4.79 Å². The maximum absolute atomic E-state index is 12.8. The number of sulfone groups is 1. The van der Waals surface area contributed by atoms with Gasteiger partial charge >= 0.3 is 0 Å². The maximum Gasteiger partial charge on any atom is 0.223 e. The summed E-state index contributed by atoms with van der Waals surface area (Å²) >= 11 is 1.17. The molecule has 0 aromatic carbocycles. The van der Waals surface area contributed by atoms with Crippen LogP contribution in [0.4, 0.5) is 0 Å². The molecular formula is C16H19NO4S2. The molecular weight excluding hydrogens is 334 g/mol. The summed E-state index contributed by atoms with van der Waals surface area (Å²) in [5.74, 6) is 0.617. The molecule has 1 aliphatic carbocycles. The van der Waals surface area contributed by atoms with Crippen LogP contribution in [-0.4, -0.2) is 20.9 Å². The molecule has 1 N–H and O–H groups in total. The van der Waals surface area contributed by atoms with Crippen LogP contribution in [0.25, 0.3) is 0 Å². The van der Waals surface area contributed by atoms with Crippen LogP contribution in [0.5, 0.6) is 0 Å². The van der Waals surface area contributed by atoms with E-state index in [2.05, 4.69) is 5.32 Å². The summed E-state index contributed by atoms with van der Waals surface area (Å²) < 4.78 is 31.2. The monoisotopic (exact) mass is 353 g/mol. The summed E-state index contributed by atoms with van der Waals surface area (Å²) in [5, 5.41) is 3.60. The molecule has 0 spiro atoms. The highest BCUT2D eigenvalue weighted by molar-refractivity contribution is 7.93. The molecule has 3 rings (SSSR count). The van der Waals surface area contributed by atoms with Gasteiger partial charge in [0.25, 0.3) is 0 Å². The molecule has 0 bridgehead atoms. The molecule has 1 aliphatic rings. The van der Waals surface area contributed by atoms with Crippen LogP contribution in [0.1, 0.15) is 30.8 Å². The Labute approximate surface area is 139 Å². The van der Waals surface area contributed by atoms with Gasteiger partial charge < -0.3 is 9.73 Å². The summed E-state index contributed by atoms with van der Waals surface area (Å²) in [6, 6.07) is 6.56. The van der Waals surface area contributed by atoms with Gasteiger partial charge in [0.1, 0.15) is 15.2 Å². The van der Waals surface area contributed by atoms with E-state index in [1.54, 1.807) is 29.6 Å². The fourth-order valence-corrected chi connectivity index (χ4v) is 5.36. The minimum absolute atomic E-state index is 0.0175. The number of nitrogens with one attached hydrogen (secondary N) is 1. The fraction of sp³-hybridized carbons (Fsp3) is 0.438. The Morgan fingerprint density at radius 3 is 2.74 bits per heavy atom. The molecule has 5 nitrogen and oxygen atoms in total. The van der Waals surface area contributed by atoms with Crippen molar-refractivity contribution in [3.63, 3.8) is 0 Å². The minimum atomic E-state index is -3.60. The topological polar surface area (TPSA) is 76.4 Å².